The lowest BCUT2D eigenvalue weighted by Gasteiger charge is -2.09. The Morgan fingerprint density at radius 1 is 0.885 bits per heavy atom. The first-order valence-electron chi connectivity index (χ1n) is 8.28. The van der Waals surface area contributed by atoms with Crippen molar-refractivity contribution in [2.24, 2.45) is 4.99 Å². The first-order chi connectivity index (χ1) is 12.7. The molecule has 1 heterocycles. The summed E-state index contributed by atoms with van der Waals surface area (Å²) in [4.78, 5) is 17.7. The van der Waals surface area contributed by atoms with Crippen LogP contribution >= 0.6 is 0 Å². The molecule has 0 aliphatic rings. The Labute approximate surface area is 150 Å². The third-order valence-corrected chi connectivity index (χ3v) is 4.07. The number of hydrogen-bond donors (Lipinski definition) is 0. The van der Waals surface area contributed by atoms with Crippen LogP contribution in [0, 0.1) is 6.92 Å². The number of fused-ring (bicyclic) bond motifs is 1. The Hall–Kier alpha value is -3.60. The lowest BCUT2D eigenvalue weighted by atomic mass is 10.2. The average Bonchev–Trinajstić information content (AvgIpc) is 2.69. The molecule has 0 atom stereocenters. The maximum absolute atomic E-state index is 13.0. The molecule has 0 unspecified atom stereocenters. The molecule has 26 heavy (non-hydrogen) atoms. The highest BCUT2D eigenvalue weighted by atomic mass is 16.1. The van der Waals surface area contributed by atoms with Crippen LogP contribution in [0.1, 0.15) is 11.1 Å². The van der Waals surface area contributed by atoms with Crippen LogP contribution in [0.4, 0.5) is 5.69 Å². The minimum Gasteiger partial charge on any atom is -0.267 e. The summed E-state index contributed by atoms with van der Waals surface area (Å²) >= 11 is 0. The molecule has 126 valence electrons. The van der Waals surface area contributed by atoms with E-state index in [0.29, 0.717) is 16.7 Å². The van der Waals surface area contributed by atoms with Crippen LogP contribution in [-0.4, -0.2) is 20.8 Å². The highest BCUT2D eigenvalue weighted by Crippen LogP contribution is 2.15. The van der Waals surface area contributed by atoms with E-state index < -0.39 is 0 Å². The molecular formula is C21H16N4O. The molecule has 0 radical (unpaired) electrons. The number of nitrogens with zero attached hydrogens (tertiary/aromatic N) is 4. The predicted octanol–water partition coefficient (Wildman–Crippen LogP) is 3.73. The zero-order valence-electron chi connectivity index (χ0n) is 14.2. The van der Waals surface area contributed by atoms with E-state index in [0.717, 1.165) is 16.8 Å². The fraction of sp³-hybridized carbons (Fsp3) is 0.0476. The van der Waals surface area contributed by atoms with Gasteiger partial charge in [-0.25, -0.2) is 4.99 Å². The summed E-state index contributed by atoms with van der Waals surface area (Å²) in [7, 11) is 0. The van der Waals surface area contributed by atoms with Crippen molar-refractivity contribution in [3.05, 3.63) is 100 Å². The van der Waals surface area contributed by atoms with Gasteiger partial charge in [0, 0.05) is 5.56 Å². The molecule has 0 saturated carbocycles. The van der Waals surface area contributed by atoms with Crippen molar-refractivity contribution in [3.63, 3.8) is 0 Å². The molecule has 0 aliphatic heterocycles. The quantitative estimate of drug-likeness (QED) is 0.413. The van der Waals surface area contributed by atoms with E-state index in [-0.39, 0.29) is 5.56 Å². The standard InChI is InChI=1S/C21H16N4O/c1-15-11-13-17(14-12-15)22-20(16-7-3-2-4-8-16)25-21(26)18-9-5-6-10-19(18)23-24-25/h2-14H,1H3. The minimum absolute atomic E-state index is 0.245. The van der Waals surface area contributed by atoms with Gasteiger partial charge in [0.15, 0.2) is 5.84 Å². The first-order valence-corrected chi connectivity index (χ1v) is 8.28. The Morgan fingerprint density at radius 3 is 2.35 bits per heavy atom. The van der Waals surface area contributed by atoms with Crippen LogP contribution in [-0.2, 0) is 0 Å². The van der Waals surface area contributed by atoms with Crippen molar-refractivity contribution in [2.45, 2.75) is 6.92 Å². The monoisotopic (exact) mass is 340 g/mol. The van der Waals surface area contributed by atoms with Crippen LogP contribution in [0.2, 0.25) is 0 Å². The number of aliphatic imine (C=N–C) groups is 1. The Morgan fingerprint density at radius 2 is 1.58 bits per heavy atom. The second-order valence-electron chi connectivity index (χ2n) is 5.96. The maximum Gasteiger partial charge on any atom is 0.283 e. The van der Waals surface area contributed by atoms with Crippen molar-refractivity contribution in [1.82, 2.24) is 15.0 Å². The van der Waals surface area contributed by atoms with Crippen LogP contribution < -0.4 is 5.56 Å². The molecular weight excluding hydrogens is 324 g/mol. The molecule has 0 saturated heterocycles. The maximum atomic E-state index is 13.0. The van der Waals surface area contributed by atoms with E-state index in [9.17, 15) is 4.79 Å². The van der Waals surface area contributed by atoms with E-state index in [2.05, 4.69) is 15.3 Å². The van der Waals surface area contributed by atoms with E-state index in [4.69, 9.17) is 0 Å². The zero-order valence-corrected chi connectivity index (χ0v) is 14.2. The Kier molecular flexibility index (Phi) is 4.11. The van der Waals surface area contributed by atoms with Crippen molar-refractivity contribution in [2.75, 3.05) is 0 Å². The van der Waals surface area contributed by atoms with Crippen molar-refractivity contribution in [3.8, 4) is 0 Å². The summed E-state index contributed by atoms with van der Waals surface area (Å²) in [6.07, 6.45) is 0. The van der Waals surface area contributed by atoms with Gasteiger partial charge in [0.25, 0.3) is 5.56 Å². The fourth-order valence-corrected chi connectivity index (χ4v) is 2.69. The lowest BCUT2D eigenvalue weighted by molar-refractivity contribution is 0.774. The van der Waals surface area contributed by atoms with E-state index in [1.165, 1.54) is 4.68 Å². The normalized spacial score (nSPS) is 11.7. The van der Waals surface area contributed by atoms with Gasteiger partial charge >= 0.3 is 0 Å². The van der Waals surface area contributed by atoms with Crippen molar-refractivity contribution in [1.29, 1.82) is 0 Å². The molecule has 0 N–H and O–H groups in total. The molecule has 4 aromatic rings. The molecule has 0 spiro atoms. The van der Waals surface area contributed by atoms with E-state index in [1.54, 1.807) is 12.1 Å². The molecule has 0 fully saturated rings. The number of aryl methyl sites for hydroxylation is 1. The van der Waals surface area contributed by atoms with E-state index >= 15 is 0 Å². The van der Waals surface area contributed by atoms with Crippen LogP contribution in [0.5, 0.6) is 0 Å². The molecule has 0 amide bonds. The molecule has 5 nitrogen and oxygen atoms in total. The van der Waals surface area contributed by atoms with Gasteiger partial charge in [-0.15, -0.1) is 5.10 Å². The summed E-state index contributed by atoms with van der Waals surface area (Å²) in [6, 6.07) is 24.5. The molecule has 1 aromatic heterocycles. The molecule has 3 aromatic carbocycles. The number of aromatic nitrogens is 3. The predicted molar refractivity (Wildman–Crippen MR) is 103 cm³/mol. The van der Waals surface area contributed by atoms with Gasteiger partial charge in [-0.1, -0.05) is 65.4 Å². The van der Waals surface area contributed by atoms with Gasteiger partial charge in [0.1, 0.15) is 5.52 Å². The Bertz CT molecular complexity index is 1150. The van der Waals surface area contributed by atoms with Gasteiger partial charge < -0.3 is 0 Å². The second-order valence-corrected chi connectivity index (χ2v) is 5.96. The zero-order chi connectivity index (χ0) is 17.9. The molecule has 5 heteroatoms. The highest BCUT2D eigenvalue weighted by molar-refractivity contribution is 6.01. The number of benzene rings is 3. The largest absolute Gasteiger partial charge is 0.283 e. The highest BCUT2D eigenvalue weighted by Gasteiger charge is 2.13. The molecule has 0 aliphatic carbocycles. The van der Waals surface area contributed by atoms with Gasteiger partial charge in [0.05, 0.1) is 11.1 Å². The average molecular weight is 340 g/mol. The molecule has 0 bridgehead atoms. The summed E-state index contributed by atoms with van der Waals surface area (Å²) in [5.41, 5.74) is 3.01. The van der Waals surface area contributed by atoms with Gasteiger partial charge in [-0.2, -0.15) is 4.68 Å². The van der Waals surface area contributed by atoms with Gasteiger partial charge in [-0.3, -0.25) is 4.79 Å². The van der Waals surface area contributed by atoms with Crippen LogP contribution in [0.3, 0.4) is 0 Å². The summed E-state index contributed by atoms with van der Waals surface area (Å²) < 4.78 is 1.26. The summed E-state index contributed by atoms with van der Waals surface area (Å²) in [5, 5.41) is 8.81. The summed E-state index contributed by atoms with van der Waals surface area (Å²) in [6.45, 7) is 2.02. The van der Waals surface area contributed by atoms with Gasteiger partial charge in [0.2, 0.25) is 0 Å². The van der Waals surface area contributed by atoms with Crippen LogP contribution in [0.15, 0.2) is 88.6 Å². The third kappa shape index (κ3) is 3.02. The van der Waals surface area contributed by atoms with Crippen LogP contribution in [0.25, 0.3) is 10.9 Å². The minimum atomic E-state index is -0.245. The third-order valence-electron chi connectivity index (χ3n) is 4.07. The first kappa shape index (κ1) is 15.9. The van der Waals surface area contributed by atoms with E-state index in [1.807, 2.05) is 73.7 Å². The number of rotatable bonds is 2. The van der Waals surface area contributed by atoms with Gasteiger partial charge in [-0.05, 0) is 31.2 Å². The Balaban J connectivity index is 1.96. The number of hydrogen-bond acceptors (Lipinski definition) is 4. The smallest absolute Gasteiger partial charge is 0.267 e. The van der Waals surface area contributed by atoms with Crippen molar-refractivity contribution < 1.29 is 0 Å². The second kappa shape index (κ2) is 6.72. The van der Waals surface area contributed by atoms with Crippen molar-refractivity contribution >= 4 is 22.4 Å². The SMILES string of the molecule is Cc1ccc(N=C(c2ccccc2)n2nnc3ccccc3c2=O)cc1. The fourth-order valence-electron chi connectivity index (χ4n) is 2.69. The summed E-state index contributed by atoms with van der Waals surface area (Å²) in [5.74, 6) is 0.442. The molecule has 4 rings (SSSR count). The topological polar surface area (TPSA) is 60.1 Å². The lowest BCUT2D eigenvalue weighted by Crippen LogP contribution is -2.31.